The van der Waals surface area contributed by atoms with Crippen LogP contribution in [0.15, 0.2) is 18.2 Å². The highest BCUT2D eigenvalue weighted by molar-refractivity contribution is 5.77. The summed E-state index contributed by atoms with van der Waals surface area (Å²) in [5.74, 6) is -1.17. The topological polar surface area (TPSA) is 81.5 Å². The molecular formula is C14H17F3N2O4. The monoisotopic (exact) mass is 334 g/mol. The Kier molecular flexibility index (Phi) is 6.80. The first kappa shape index (κ1) is 18.7. The lowest BCUT2D eigenvalue weighted by Gasteiger charge is -2.13. The predicted octanol–water partition coefficient (Wildman–Crippen LogP) is 3.30. The molecule has 0 atom stereocenters. The van der Waals surface area contributed by atoms with Crippen LogP contribution in [0.5, 0.6) is 5.75 Å². The molecule has 0 aliphatic rings. The fraction of sp³-hybridized carbons (Fsp3) is 0.500. The molecule has 0 unspecified atom stereocenters. The third-order valence-electron chi connectivity index (χ3n) is 2.94. The Morgan fingerprint density at radius 2 is 2.04 bits per heavy atom. The normalized spacial score (nSPS) is 11.1. The van der Waals surface area contributed by atoms with Crippen molar-refractivity contribution in [2.24, 2.45) is 0 Å². The molecule has 1 aromatic carbocycles. The maximum absolute atomic E-state index is 12.9. The molecule has 0 bridgehead atoms. The molecule has 1 N–H and O–H groups in total. The van der Waals surface area contributed by atoms with Crippen molar-refractivity contribution in [2.75, 3.05) is 13.2 Å². The van der Waals surface area contributed by atoms with E-state index in [1.165, 1.54) is 0 Å². The minimum atomic E-state index is -4.82. The minimum absolute atomic E-state index is 0.383. The second-order valence-corrected chi connectivity index (χ2v) is 4.78. The molecule has 1 amide bonds. The number of carbonyl (C=O) groups is 1. The lowest BCUT2D eigenvalue weighted by molar-refractivity contribution is -0.385. The van der Waals surface area contributed by atoms with Crippen molar-refractivity contribution in [3.8, 4) is 5.75 Å². The van der Waals surface area contributed by atoms with Crippen molar-refractivity contribution in [3.05, 3.63) is 33.9 Å². The van der Waals surface area contributed by atoms with Gasteiger partial charge in [0.1, 0.15) is 11.3 Å². The van der Waals surface area contributed by atoms with E-state index in [9.17, 15) is 28.1 Å². The second-order valence-electron chi connectivity index (χ2n) is 4.78. The molecule has 0 aliphatic heterocycles. The van der Waals surface area contributed by atoms with E-state index in [4.69, 9.17) is 4.74 Å². The van der Waals surface area contributed by atoms with Gasteiger partial charge in [0.25, 0.3) is 11.6 Å². The minimum Gasteiger partial charge on any atom is -0.483 e. The highest BCUT2D eigenvalue weighted by Gasteiger charge is 2.36. The van der Waals surface area contributed by atoms with Crippen LogP contribution < -0.4 is 10.1 Å². The van der Waals surface area contributed by atoms with Crippen LogP contribution in [0.4, 0.5) is 18.9 Å². The maximum atomic E-state index is 12.9. The van der Waals surface area contributed by atoms with Crippen molar-refractivity contribution < 1.29 is 27.6 Å². The molecule has 0 radical (unpaired) electrons. The molecule has 0 fully saturated rings. The first-order chi connectivity index (χ1) is 10.8. The Labute approximate surface area is 130 Å². The van der Waals surface area contributed by atoms with E-state index in [2.05, 4.69) is 5.32 Å². The van der Waals surface area contributed by atoms with Crippen LogP contribution in [-0.4, -0.2) is 24.0 Å². The standard InChI is InChI=1S/C14H17F3N2O4/c1-2-3-4-7-18-13(20)9-23-12-6-5-10(19(21)22)8-11(12)14(15,16)17/h5-6,8H,2-4,7,9H2,1H3,(H,18,20). The van der Waals surface area contributed by atoms with Gasteiger partial charge in [0.15, 0.2) is 6.61 Å². The number of alkyl halides is 3. The molecule has 128 valence electrons. The van der Waals surface area contributed by atoms with Gasteiger partial charge in [-0.1, -0.05) is 19.8 Å². The zero-order chi connectivity index (χ0) is 17.5. The first-order valence-corrected chi connectivity index (χ1v) is 7.00. The van der Waals surface area contributed by atoms with Gasteiger partial charge in [-0.05, 0) is 12.5 Å². The number of non-ortho nitro benzene ring substituents is 1. The number of hydrogen-bond donors (Lipinski definition) is 1. The number of halogens is 3. The molecule has 9 heteroatoms. The molecule has 0 spiro atoms. The summed E-state index contributed by atoms with van der Waals surface area (Å²) in [6.45, 7) is 1.83. The van der Waals surface area contributed by atoms with E-state index < -0.39 is 40.6 Å². The maximum Gasteiger partial charge on any atom is 0.420 e. The number of carbonyl (C=O) groups excluding carboxylic acids is 1. The van der Waals surface area contributed by atoms with Gasteiger partial charge >= 0.3 is 6.18 Å². The smallest absolute Gasteiger partial charge is 0.420 e. The summed E-state index contributed by atoms with van der Waals surface area (Å²) in [6.07, 6.45) is -2.14. The first-order valence-electron chi connectivity index (χ1n) is 7.00. The van der Waals surface area contributed by atoms with E-state index in [-0.39, 0.29) is 0 Å². The number of unbranched alkanes of at least 4 members (excludes halogenated alkanes) is 2. The fourth-order valence-corrected chi connectivity index (χ4v) is 1.78. The van der Waals surface area contributed by atoms with Crippen LogP contribution >= 0.6 is 0 Å². The molecule has 0 saturated carbocycles. The van der Waals surface area contributed by atoms with E-state index in [0.29, 0.717) is 12.6 Å². The van der Waals surface area contributed by atoms with Crippen LogP contribution in [0, 0.1) is 10.1 Å². The Balaban J connectivity index is 2.72. The number of amides is 1. The number of nitro groups is 1. The number of ether oxygens (including phenoxy) is 1. The number of nitrogens with zero attached hydrogens (tertiary/aromatic N) is 1. The van der Waals surface area contributed by atoms with Crippen molar-refractivity contribution >= 4 is 11.6 Å². The summed E-state index contributed by atoms with van der Waals surface area (Å²) in [4.78, 5) is 21.1. The number of benzene rings is 1. The van der Waals surface area contributed by atoms with E-state index in [0.717, 1.165) is 31.4 Å². The van der Waals surface area contributed by atoms with Gasteiger partial charge in [-0.15, -0.1) is 0 Å². The average Bonchev–Trinajstić information content (AvgIpc) is 2.48. The summed E-state index contributed by atoms with van der Waals surface area (Å²) in [5.41, 5.74) is -1.99. The highest BCUT2D eigenvalue weighted by atomic mass is 19.4. The number of hydrogen-bond acceptors (Lipinski definition) is 4. The van der Waals surface area contributed by atoms with Crippen LogP contribution in [0.3, 0.4) is 0 Å². The predicted molar refractivity (Wildman–Crippen MR) is 76.1 cm³/mol. The Morgan fingerprint density at radius 1 is 1.35 bits per heavy atom. The average molecular weight is 334 g/mol. The summed E-state index contributed by atoms with van der Waals surface area (Å²) < 4.78 is 43.6. The lowest BCUT2D eigenvalue weighted by Crippen LogP contribution is -2.30. The fourth-order valence-electron chi connectivity index (χ4n) is 1.78. The third-order valence-corrected chi connectivity index (χ3v) is 2.94. The van der Waals surface area contributed by atoms with Crippen LogP contribution in [-0.2, 0) is 11.0 Å². The summed E-state index contributed by atoms with van der Waals surface area (Å²) >= 11 is 0. The molecular weight excluding hydrogens is 317 g/mol. The highest BCUT2D eigenvalue weighted by Crippen LogP contribution is 2.38. The molecule has 6 nitrogen and oxygen atoms in total. The van der Waals surface area contributed by atoms with Crippen LogP contribution in [0.2, 0.25) is 0 Å². The molecule has 1 aromatic rings. The van der Waals surface area contributed by atoms with Gasteiger partial charge in [-0.3, -0.25) is 14.9 Å². The van der Waals surface area contributed by atoms with Crippen LogP contribution in [0.1, 0.15) is 31.7 Å². The van der Waals surface area contributed by atoms with Gasteiger partial charge in [-0.2, -0.15) is 13.2 Å². The molecule has 0 aliphatic carbocycles. The summed E-state index contributed by atoms with van der Waals surface area (Å²) in [7, 11) is 0. The zero-order valence-electron chi connectivity index (χ0n) is 12.5. The van der Waals surface area contributed by atoms with Gasteiger partial charge < -0.3 is 10.1 Å². The molecule has 0 aromatic heterocycles. The Bertz CT molecular complexity index is 561. The van der Waals surface area contributed by atoms with E-state index in [1.807, 2.05) is 6.92 Å². The third kappa shape index (κ3) is 6.13. The number of nitrogens with one attached hydrogen (secondary N) is 1. The van der Waals surface area contributed by atoms with Gasteiger partial charge in [-0.25, -0.2) is 0 Å². The molecule has 1 rings (SSSR count). The van der Waals surface area contributed by atoms with E-state index in [1.54, 1.807) is 0 Å². The largest absolute Gasteiger partial charge is 0.483 e. The Hall–Kier alpha value is -2.32. The molecule has 0 heterocycles. The quantitative estimate of drug-likeness (QED) is 0.449. The van der Waals surface area contributed by atoms with Crippen molar-refractivity contribution in [3.63, 3.8) is 0 Å². The van der Waals surface area contributed by atoms with Gasteiger partial charge in [0.05, 0.1) is 4.92 Å². The van der Waals surface area contributed by atoms with Crippen molar-refractivity contribution in [1.29, 1.82) is 0 Å². The SMILES string of the molecule is CCCCCNC(=O)COc1ccc([N+](=O)[O-])cc1C(F)(F)F. The number of nitro benzene ring substituents is 1. The Morgan fingerprint density at radius 3 is 2.61 bits per heavy atom. The molecule has 23 heavy (non-hydrogen) atoms. The number of rotatable bonds is 8. The summed E-state index contributed by atoms with van der Waals surface area (Å²) in [6, 6.07) is 2.11. The van der Waals surface area contributed by atoms with Crippen LogP contribution in [0.25, 0.3) is 0 Å². The van der Waals surface area contributed by atoms with Gasteiger partial charge in [0.2, 0.25) is 0 Å². The summed E-state index contributed by atoms with van der Waals surface area (Å²) in [5, 5.41) is 13.1. The second kappa shape index (κ2) is 8.35. The molecule has 0 saturated heterocycles. The zero-order valence-corrected chi connectivity index (χ0v) is 12.5. The van der Waals surface area contributed by atoms with Crippen molar-refractivity contribution in [2.45, 2.75) is 32.4 Å². The lowest BCUT2D eigenvalue weighted by atomic mass is 10.1. The van der Waals surface area contributed by atoms with E-state index >= 15 is 0 Å². The van der Waals surface area contributed by atoms with Crippen molar-refractivity contribution in [1.82, 2.24) is 5.32 Å². The van der Waals surface area contributed by atoms with Gasteiger partial charge in [0, 0.05) is 18.7 Å².